The molecule has 0 fully saturated rings. The van der Waals surface area contributed by atoms with E-state index < -0.39 is 23.7 Å². The van der Waals surface area contributed by atoms with Crippen LogP contribution < -0.4 is 10.1 Å². The lowest BCUT2D eigenvalue weighted by atomic mass is 10.1. The number of carbonyl (C=O) groups is 1. The number of hydrogen-bond donors (Lipinski definition) is 1. The van der Waals surface area contributed by atoms with E-state index in [2.05, 4.69) is 20.3 Å². The first-order chi connectivity index (χ1) is 15.2. The van der Waals surface area contributed by atoms with E-state index >= 15 is 0 Å². The van der Waals surface area contributed by atoms with Gasteiger partial charge in [-0.05, 0) is 31.0 Å². The monoisotopic (exact) mass is 450 g/mol. The first kappa shape index (κ1) is 22.9. The van der Waals surface area contributed by atoms with Crippen molar-refractivity contribution >= 4 is 11.8 Å². The van der Waals surface area contributed by atoms with Gasteiger partial charge in [-0.2, -0.15) is 13.2 Å². The fourth-order valence-corrected chi connectivity index (χ4v) is 2.83. The average molecular weight is 450 g/mol. The minimum absolute atomic E-state index is 0.0398. The predicted octanol–water partition coefficient (Wildman–Crippen LogP) is 4.57. The van der Waals surface area contributed by atoms with E-state index in [9.17, 15) is 22.4 Å². The number of hydrogen-bond acceptors (Lipinski definition) is 7. The maximum absolute atomic E-state index is 14.5. The van der Waals surface area contributed by atoms with E-state index in [0.29, 0.717) is 11.3 Å². The third kappa shape index (κ3) is 5.48. The molecule has 2 aromatic heterocycles. The van der Waals surface area contributed by atoms with Crippen molar-refractivity contribution in [1.82, 2.24) is 15.0 Å². The number of halogens is 4. The van der Waals surface area contributed by atoms with Crippen molar-refractivity contribution in [1.29, 1.82) is 0 Å². The molecule has 0 aliphatic heterocycles. The molecular weight excluding hydrogens is 432 g/mol. The fourth-order valence-electron chi connectivity index (χ4n) is 2.83. The minimum atomic E-state index is -4.61. The number of ether oxygens (including phenoxy) is 2. The van der Waals surface area contributed by atoms with Crippen LogP contribution in [0.25, 0.3) is 0 Å². The number of nitrogens with one attached hydrogen (secondary N) is 1. The number of rotatable bonds is 7. The van der Waals surface area contributed by atoms with Gasteiger partial charge in [-0.1, -0.05) is 6.07 Å². The summed E-state index contributed by atoms with van der Waals surface area (Å²) in [5.41, 5.74) is -0.146. The summed E-state index contributed by atoms with van der Waals surface area (Å²) in [6.07, 6.45) is -2.12. The molecule has 0 saturated carbocycles. The second-order valence-electron chi connectivity index (χ2n) is 6.58. The summed E-state index contributed by atoms with van der Waals surface area (Å²) in [6.45, 7) is 1.88. The Morgan fingerprint density at radius 2 is 1.84 bits per heavy atom. The van der Waals surface area contributed by atoms with E-state index in [0.717, 1.165) is 18.3 Å². The van der Waals surface area contributed by atoms with E-state index in [-0.39, 0.29) is 35.8 Å². The molecule has 11 heteroatoms. The molecule has 0 unspecified atom stereocenters. The summed E-state index contributed by atoms with van der Waals surface area (Å²) < 4.78 is 62.8. The number of benzene rings is 1. The van der Waals surface area contributed by atoms with Crippen molar-refractivity contribution in [3.05, 3.63) is 71.2 Å². The maximum Gasteiger partial charge on any atom is 0.433 e. The summed E-state index contributed by atoms with van der Waals surface area (Å²) in [7, 11) is 1.24. The van der Waals surface area contributed by atoms with Gasteiger partial charge in [0.25, 0.3) is 0 Å². The maximum atomic E-state index is 14.5. The van der Waals surface area contributed by atoms with Crippen LogP contribution in [0.4, 0.5) is 23.4 Å². The number of carbonyl (C=O) groups excluding carboxylic acids is 1. The van der Waals surface area contributed by atoms with Crippen LogP contribution in [0.3, 0.4) is 0 Å². The number of pyridine rings is 1. The molecule has 0 aliphatic rings. The minimum Gasteiger partial charge on any atom is -0.465 e. The summed E-state index contributed by atoms with van der Waals surface area (Å²) in [5.74, 6) is -0.999. The van der Waals surface area contributed by atoms with Gasteiger partial charge >= 0.3 is 12.1 Å². The van der Waals surface area contributed by atoms with Gasteiger partial charge in [0.15, 0.2) is 0 Å². The molecule has 1 N–H and O–H groups in total. The van der Waals surface area contributed by atoms with Crippen molar-refractivity contribution in [3.63, 3.8) is 0 Å². The van der Waals surface area contributed by atoms with Gasteiger partial charge in [-0.25, -0.2) is 19.2 Å². The third-order valence-electron chi connectivity index (χ3n) is 4.40. The fraction of sp³-hybridized carbons (Fsp3) is 0.238. The SMILES string of the molecule is COC(=O)c1c(C)ncnc1NCCc1ccc(Oc2ccnc(C(F)(F)F)c2)cc1F. The molecule has 168 valence electrons. The summed E-state index contributed by atoms with van der Waals surface area (Å²) in [6, 6.07) is 5.97. The van der Waals surface area contributed by atoms with E-state index in [1.54, 1.807) is 6.92 Å². The largest absolute Gasteiger partial charge is 0.465 e. The van der Waals surface area contributed by atoms with Crippen molar-refractivity contribution in [2.24, 2.45) is 0 Å². The number of aromatic nitrogens is 3. The highest BCUT2D eigenvalue weighted by Gasteiger charge is 2.32. The first-order valence-corrected chi connectivity index (χ1v) is 9.32. The van der Waals surface area contributed by atoms with Crippen molar-refractivity contribution < 1.29 is 31.8 Å². The highest BCUT2D eigenvalue weighted by Crippen LogP contribution is 2.31. The van der Waals surface area contributed by atoms with E-state index in [1.807, 2.05) is 0 Å². The zero-order valence-corrected chi connectivity index (χ0v) is 17.0. The lowest BCUT2D eigenvalue weighted by Crippen LogP contribution is -2.15. The van der Waals surface area contributed by atoms with Gasteiger partial charge in [-0.15, -0.1) is 0 Å². The Bertz CT molecular complexity index is 1120. The molecule has 1 aromatic carbocycles. The third-order valence-corrected chi connectivity index (χ3v) is 4.40. The molecule has 0 atom stereocenters. The van der Waals surface area contributed by atoms with Gasteiger partial charge in [0.1, 0.15) is 40.7 Å². The number of nitrogens with zero attached hydrogens (tertiary/aromatic N) is 3. The molecule has 0 bridgehead atoms. The Balaban J connectivity index is 1.66. The average Bonchev–Trinajstić information content (AvgIpc) is 2.74. The molecule has 0 radical (unpaired) electrons. The molecule has 7 nitrogen and oxygen atoms in total. The molecule has 3 aromatic rings. The molecule has 32 heavy (non-hydrogen) atoms. The highest BCUT2D eigenvalue weighted by molar-refractivity contribution is 5.95. The normalized spacial score (nSPS) is 11.2. The number of anilines is 1. The molecule has 2 heterocycles. The Morgan fingerprint density at radius 1 is 1.09 bits per heavy atom. The summed E-state index contributed by atoms with van der Waals surface area (Å²) in [4.78, 5) is 23.2. The second kappa shape index (κ2) is 9.58. The van der Waals surface area contributed by atoms with Gasteiger partial charge in [0.05, 0.1) is 12.8 Å². The molecule has 0 spiro atoms. The molecule has 0 aliphatic carbocycles. The molecule has 0 saturated heterocycles. The van der Waals surface area contributed by atoms with Crippen LogP contribution in [0.5, 0.6) is 11.5 Å². The quantitative estimate of drug-likeness (QED) is 0.417. The van der Waals surface area contributed by atoms with Crippen LogP contribution in [0, 0.1) is 12.7 Å². The molecular formula is C21H18F4N4O3. The van der Waals surface area contributed by atoms with Gasteiger partial charge < -0.3 is 14.8 Å². The Hall–Kier alpha value is -3.76. The summed E-state index contributed by atoms with van der Waals surface area (Å²) in [5, 5.41) is 2.96. The Labute approximate surface area is 180 Å². The second-order valence-corrected chi connectivity index (χ2v) is 6.58. The van der Waals surface area contributed by atoms with Crippen molar-refractivity contribution in [3.8, 4) is 11.5 Å². The Morgan fingerprint density at radius 3 is 2.53 bits per heavy atom. The van der Waals surface area contributed by atoms with Crippen LogP contribution in [-0.2, 0) is 17.3 Å². The van der Waals surface area contributed by atoms with Crippen LogP contribution in [0.1, 0.15) is 27.3 Å². The van der Waals surface area contributed by atoms with Gasteiger partial charge in [0, 0.05) is 24.9 Å². The van der Waals surface area contributed by atoms with Crippen molar-refractivity contribution in [2.45, 2.75) is 19.5 Å². The first-order valence-electron chi connectivity index (χ1n) is 9.32. The zero-order valence-electron chi connectivity index (χ0n) is 17.0. The zero-order chi connectivity index (χ0) is 23.3. The predicted molar refractivity (Wildman–Crippen MR) is 106 cm³/mol. The van der Waals surface area contributed by atoms with Crippen LogP contribution >= 0.6 is 0 Å². The van der Waals surface area contributed by atoms with Crippen molar-refractivity contribution in [2.75, 3.05) is 19.0 Å². The van der Waals surface area contributed by atoms with Crippen LogP contribution in [0.15, 0.2) is 42.9 Å². The Kier molecular flexibility index (Phi) is 6.86. The van der Waals surface area contributed by atoms with Gasteiger partial charge in [0.2, 0.25) is 0 Å². The highest BCUT2D eigenvalue weighted by atomic mass is 19.4. The standard InChI is InChI=1S/C21H18F4N4O3/c1-12-18(20(30)31-2)19(29-11-28-12)27-7-5-13-3-4-14(9-16(13)22)32-15-6-8-26-17(10-15)21(23,24)25/h3-4,6,8-11H,5,7H2,1-2H3,(H,27,28,29). The number of aryl methyl sites for hydroxylation is 1. The van der Waals surface area contributed by atoms with E-state index in [4.69, 9.17) is 9.47 Å². The summed E-state index contributed by atoms with van der Waals surface area (Å²) >= 11 is 0. The smallest absolute Gasteiger partial charge is 0.433 e. The lowest BCUT2D eigenvalue weighted by Gasteiger charge is -2.12. The lowest BCUT2D eigenvalue weighted by molar-refractivity contribution is -0.141. The van der Waals surface area contributed by atoms with E-state index in [1.165, 1.54) is 31.6 Å². The topological polar surface area (TPSA) is 86.2 Å². The number of esters is 1. The molecule has 0 amide bonds. The number of methoxy groups -OCH3 is 1. The molecule has 3 rings (SSSR count). The van der Waals surface area contributed by atoms with Gasteiger partial charge in [-0.3, -0.25) is 4.98 Å². The van der Waals surface area contributed by atoms with Crippen LogP contribution in [0.2, 0.25) is 0 Å². The number of alkyl halides is 3. The van der Waals surface area contributed by atoms with Crippen LogP contribution in [-0.4, -0.2) is 34.6 Å².